The first kappa shape index (κ1) is 13.4. The number of hydrogen-bond donors (Lipinski definition) is 1. The Morgan fingerprint density at radius 3 is 2.90 bits per heavy atom. The van der Waals surface area contributed by atoms with Crippen LogP contribution in [0.2, 0.25) is 0 Å². The van der Waals surface area contributed by atoms with Gasteiger partial charge in [-0.15, -0.1) is 0 Å². The van der Waals surface area contributed by atoms with Gasteiger partial charge in [-0.05, 0) is 19.1 Å². The Labute approximate surface area is 121 Å². The molecular weight excluding hydrogens is 272 g/mol. The van der Waals surface area contributed by atoms with Crippen molar-refractivity contribution < 1.29 is 14.0 Å². The summed E-state index contributed by atoms with van der Waals surface area (Å²) in [7, 11) is 1.58. The van der Waals surface area contributed by atoms with E-state index < -0.39 is 6.04 Å². The molecule has 1 atom stereocenters. The van der Waals surface area contributed by atoms with Crippen molar-refractivity contribution in [1.82, 2.24) is 20.0 Å². The van der Waals surface area contributed by atoms with Crippen LogP contribution in [0, 0.1) is 6.92 Å². The zero-order valence-corrected chi connectivity index (χ0v) is 11.9. The van der Waals surface area contributed by atoms with Crippen LogP contribution in [0.1, 0.15) is 27.9 Å². The van der Waals surface area contributed by atoms with E-state index >= 15 is 0 Å². The second-order valence-electron chi connectivity index (χ2n) is 4.97. The van der Waals surface area contributed by atoms with Gasteiger partial charge in [0.25, 0.3) is 5.91 Å². The maximum absolute atomic E-state index is 12.6. The Hall–Kier alpha value is -2.57. The highest BCUT2D eigenvalue weighted by Gasteiger charge is 2.33. The average molecular weight is 288 g/mol. The number of carbonyl (C=O) groups excluding carboxylic acids is 2. The Morgan fingerprint density at radius 1 is 1.43 bits per heavy atom. The van der Waals surface area contributed by atoms with Gasteiger partial charge in [0.15, 0.2) is 0 Å². The third-order valence-corrected chi connectivity index (χ3v) is 3.72. The number of rotatable bonds is 2. The Kier molecular flexibility index (Phi) is 3.25. The number of aryl methyl sites for hydroxylation is 1. The molecule has 2 aromatic heterocycles. The number of furan rings is 1. The van der Waals surface area contributed by atoms with Gasteiger partial charge in [0.05, 0.1) is 30.6 Å². The van der Waals surface area contributed by atoms with Gasteiger partial charge in [-0.1, -0.05) is 0 Å². The van der Waals surface area contributed by atoms with Crippen LogP contribution >= 0.6 is 0 Å². The molecule has 2 amide bonds. The summed E-state index contributed by atoms with van der Waals surface area (Å²) in [6, 6.07) is 2.96. The molecule has 3 heterocycles. The molecule has 0 saturated heterocycles. The SMILES string of the molecule is CNC(=O)[C@@H]1CN(C(=O)c2ccoc2C)Cc2ccnn21. The van der Waals surface area contributed by atoms with Crippen molar-refractivity contribution in [3.63, 3.8) is 0 Å². The molecule has 2 aromatic rings. The monoisotopic (exact) mass is 288 g/mol. The number of hydrogen-bond acceptors (Lipinski definition) is 4. The van der Waals surface area contributed by atoms with E-state index in [1.54, 1.807) is 35.8 Å². The van der Waals surface area contributed by atoms with Gasteiger partial charge in [0.2, 0.25) is 5.91 Å². The molecule has 1 N–H and O–H groups in total. The number of nitrogens with one attached hydrogen (secondary N) is 1. The molecule has 0 bridgehead atoms. The summed E-state index contributed by atoms with van der Waals surface area (Å²) in [6.45, 7) is 2.46. The summed E-state index contributed by atoms with van der Waals surface area (Å²) in [5.41, 5.74) is 1.36. The van der Waals surface area contributed by atoms with Crippen LogP contribution in [-0.2, 0) is 11.3 Å². The average Bonchev–Trinajstić information content (AvgIpc) is 3.12. The minimum atomic E-state index is -0.509. The van der Waals surface area contributed by atoms with Crippen molar-refractivity contribution in [3.05, 3.63) is 41.6 Å². The second kappa shape index (κ2) is 5.08. The highest BCUT2D eigenvalue weighted by Crippen LogP contribution is 2.23. The quantitative estimate of drug-likeness (QED) is 0.883. The van der Waals surface area contributed by atoms with Crippen molar-refractivity contribution in [3.8, 4) is 0 Å². The summed E-state index contributed by atoms with van der Waals surface area (Å²) in [6.07, 6.45) is 3.13. The minimum absolute atomic E-state index is 0.136. The molecule has 0 unspecified atom stereocenters. The lowest BCUT2D eigenvalue weighted by molar-refractivity contribution is -0.125. The maximum atomic E-state index is 12.6. The molecule has 0 spiro atoms. The lowest BCUT2D eigenvalue weighted by atomic mass is 10.1. The van der Waals surface area contributed by atoms with E-state index in [1.807, 2.05) is 6.07 Å². The standard InChI is InChI=1S/C14H16N4O3/c1-9-11(4-6-21-9)14(20)17-7-10-3-5-16-18(10)12(8-17)13(19)15-2/h3-6,12H,7-8H2,1-2H3,(H,15,19)/t12-/m0/s1. The first-order valence-electron chi connectivity index (χ1n) is 6.69. The summed E-state index contributed by atoms with van der Waals surface area (Å²) in [4.78, 5) is 26.2. The highest BCUT2D eigenvalue weighted by molar-refractivity contribution is 5.95. The number of fused-ring (bicyclic) bond motifs is 1. The Balaban J connectivity index is 1.91. The largest absolute Gasteiger partial charge is 0.469 e. The topological polar surface area (TPSA) is 80.4 Å². The molecule has 7 nitrogen and oxygen atoms in total. The van der Waals surface area contributed by atoms with Crippen LogP contribution in [0.4, 0.5) is 0 Å². The van der Waals surface area contributed by atoms with Crippen LogP contribution < -0.4 is 5.32 Å². The van der Waals surface area contributed by atoms with E-state index in [0.29, 0.717) is 17.9 Å². The van der Waals surface area contributed by atoms with Crippen molar-refractivity contribution in [2.45, 2.75) is 19.5 Å². The molecule has 110 valence electrons. The van der Waals surface area contributed by atoms with Gasteiger partial charge >= 0.3 is 0 Å². The van der Waals surface area contributed by atoms with Crippen LogP contribution in [-0.4, -0.2) is 40.1 Å². The number of likely N-dealkylation sites (N-methyl/N-ethyl adjacent to an activating group) is 1. The molecule has 7 heteroatoms. The van der Waals surface area contributed by atoms with Crippen LogP contribution in [0.15, 0.2) is 29.0 Å². The number of amides is 2. The van der Waals surface area contributed by atoms with E-state index in [4.69, 9.17) is 4.42 Å². The third kappa shape index (κ3) is 2.20. The summed E-state index contributed by atoms with van der Waals surface area (Å²) in [5, 5.41) is 6.80. The summed E-state index contributed by atoms with van der Waals surface area (Å²) in [5.74, 6) is 0.277. The Morgan fingerprint density at radius 2 is 2.24 bits per heavy atom. The van der Waals surface area contributed by atoms with Crippen LogP contribution in [0.25, 0.3) is 0 Å². The zero-order valence-electron chi connectivity index (χ0n) is 11.9. The van der Waals surface area contributed by atoms with Gasteiger partial charge < -0.3 is 14.6 Å². The maximum Gasteiger partial charge on any atom is 0.257 e. The van der Waals surface area contributed by atoms with Crippen molar-refractivity contribution in [2.75, 3.05) is 13.6 Å². The predicted molar refractivity (Wildman–Crippen MR) is 73.5 cm³/mol. The minimum Gasteiger partial charge on any atom is -0.469 e. The van der Waals surface area contributed by atoms with Crippen LogP contribution in [0.5, 0.6) is 0 Å². The fraction of sp³-hybridized carbons (Fsp3) is 0.357. The molecule has 0 aliphatic carbocycles. The molecule has 0 saturated carbocycles. The molecule has 1 aliphatic heterocycles. The van der Waals surface area contributed by atoms with Gasteiger partial charge in [0.1, 0.15) is 11.8 Å². The van der Waals surface area contributed by atoms with Crippen molar-refractivity contribution in [2.24, 2.45) is 0 Å². The Bertz CT molecular complexity index is 688. The molecular formula is C14H16N4O3. The van der Waals surface area contributed by atoms with E-state index in [2.05, 4.69) is 10.4 Å². The van der Waals surface area contributed by atoms with Crippen LogP contribution in [0.3, 0.4) is 0 Å². The van der Waals surface area contributed by atoms with E-state index in [9.17, 15) is 9.59 Å². The van der Waals surface area contributed by atoms with Crippen molar-refractivity contribution in [1.29, 1.82) is 0 Å². The first-order chi connectivity index (χ1) is 10.1. The lowest BCUT2D eigenvalue weighted by Crippen LogP contribution is -2.46. The molecule has 0 radical (unpaired) electrons. The van der Waals surface area contributed by atoms with E-state index in [0.717, 1.165) is 5.69 Å². The lowest BCUT2D eigenvalue weighted by Gasteiger charge is -2.32. The summed E-state index contributed by atoms with van der Waals surface area (Å²) < 4.78 is 6.85. The molecule has 21 heavy (non-hydrogen) atoms. The fourth-order valence-electron chi connectivity index (χ4n) is 2.59. The number of carbonyl (C=O) groups is 2. The molecule has 0 aromatic carbocycles. The number of nitrogens with zero attached hydrogens (tertiary/aromatic N) is 3. The van der Waals surface area contributed by atoms with E-state index in [1.165, 1.54) is 6.26 Å². The zero-order chi connectivity index (χ0) is 15.0. The molecule has 3 rings (SSSR count). The summed E-state index contributed by atoms with van der Waals surface area (Å²) >= 11 is 0. The van der Waals surface area contributed by atoms with Gasteiger partial charge in [-0.25, -0.2) is 0 Å². The van der Waals surface area contributed by atoms with Gasteiger partial charge in [-0.3, -0.25) is 14.3 Å². The van der Waals surface area contributed by atoms with Gasteiger partial charge in [-0.2, -0.15) is 5.10 Å². The van der Waals surface area contributed by atoms with Gasteiger partial charge in [0, 0.05) is 13.2 Å². The van der Waals surface area contributed by atoms with E-state index in [-0.39, 0.29) is 18.4 Å². The fourth-order valence-corrected chi connectivity index (χ4v) is 2.59. The molecule has 0 fully saturated rings. The molecule has 1 aliphatic rings. The number of aromatic nitrogens is 2. The smallest absolute Gasteiger partial charge is 0.257 e. The second-order valence-corrected chi connectivity index (χ2v) is 4.97. The normalized spacial score (nSPS) is 17.4. The predicted octanol–water partition coefficient (Wildman–Crippen LogP) is 0.728. The third-order valence-electron chi connectivity index (χ3n) is 3.72. The highest BCUT2D eigenvalue weighted by atomic mass is 16.3. The first-order valence-corrected chi connectivity index (χ1v) is 6.69. The van der Waals surface area contributed by atoms with Crippen molar-refractivity contribution >= 4 is 11.8 Å².